The maximum absolute atomic E-state index is 11.7. The van der Waals surface area contributed by atoms with E-state index in [0.29, 0.717) is 6.42 Å². The van der Waals surface area contributed by atoms with Crippen molar-refractivity contribution in [3.63, 3.8) is 0 Å². The molecule has 2 nitrogen and oxygen atoms in total. The molecule has 0 aliphatic heterocycles. The van der Waals surface area contributed by atoms with Gasteiger partial charge in [0.2, 0.25) is 0 Å². The van der Waals surface area contributed by atoms with Gasteiger partial charge in [-0.3, -0.25) is 0 Å². The maximum atomic E-state index is 11.7. The van der Waals surface area contributed by atoms with E-state index in [4.69, 9.17) is 0 Å². The molecule has 0 amide bonds. The van der Waals surface area contributed by atoms with E-state index < -0.39 is 0 Å². The molecule has 0 radical (unpaired) electrons. The number of benzene rings is 1. The van der Waals surface area contributed by atoms with Crippen molar-refractivity contribution in [2.24, 2.45) is 0 Å². The van der Waals surface area contributed by atoms with E-state index in [1.165, 1.54) is 22.3 Å². The number of rotatable bonds is 7. The van der Waals surface area contributed by atoms with Gasteiger partial charge in [-0.05, 0) is 68.8 Å². The molecule has 0 saturated heterocycles. The Balaban J connectivity index is 2.70. The fourth-order valence-electron chi connectivity index (χ4n) is 4.47. The van der Waals surface area contributed by atoms with E-state index in [-0.39, 0.29) is 17.2 Å². The molecule has 0 bridgehead atoms. The third-order valence-electron chi connectivity index (χ3n) is 5.71. The normalized spacial score (nSPS) is 24.2. The number of allylic oxidation sites excluding steroid dienone is 1. The molecule has 0 heterocycles. The lowest BCUT2D eigenvalue weighted by Gasteiger charge is -2.48. The SMILES string of the molecule is C=C(C)[C@@]1(NCC)C/C(=C/C)c2c(CC)cccc2[C@H]1CCC(C)=O. The van der Waals surface area contributed by atoms with Crippen LogP contribution in [0, 0.1) is 0 Å². The molecule has 0 saturated carbocycles. The summed E-state index contributed by atoms with van der Waals surface area (Å²) >= 11 is 0. The third-order valence-corrected chi connectivity index (χ3v) is 5.71. The van der Waals surface area contributed by atoms with Crippen molar-refractivity contribution in [2.45, 2.75) is 71.8 Å². The second kappa shape index (κ2) is 8.14. The summed E-state index contributed by atoms with van der Waals surface area (Å²) in [5.41, 5.74) is 6.58. The van der Waals surface area contributed by atoms with Crippen LogP contribution in [0.15, 0.2) is 36.4 Å². The number of nitrogens with one attached hydrogen (secondary N) is 1. The Morgan fingerprint density at radius 2 is 2.08 bits per heavy atom. The van der Waals surface area contributed by atoms with Gasteiger partial charge in [-0.2, -0.15) is 0 Å². The zero-order valence-electron chi connectivity index (χ0n) is 16.5. The first kappa shape index (κ1) is 19.7. The van der Waals surface area contributed by atoms with Crippen LogP contribution in [-0.4, -0.2) is 17.9 Å². The summed E-state index contributed by atoms with van der Waals surface area (Å²) in [6.45, 7) is 15.6. The van der Waals surface area contributed by atoms with Gasteiger partial charge in [0.15, 0.2) is 0 Å². The topological polar surface area (TPSA) is 29.1 Å². The minimum absolute atomic E-state index is 0.175. The Hall–Kier alpha value is -1.67. The maximum Gasteiger partial charge on any atom is 0.129 e. The van der Waals surface area contributed by atoms with E-state index in [2.05, 4.69) is 63.9 Å². The monoisotopic (exact) mass is 339 g/mol. The molecule has 0 spiro atoms. The van der Waals surface area contributed by atoms with Crippen LogP contribution in [-0.2, 0) is 11.2 Å². The Kier molecular flexibility index (Phi) is 6.40. The van der Waals surface area contributed by atoms with E-state index in [0.717, 1.165) is 31.4 Å². The van der Waals surface area contributed by atoms with Crippen molar-refractivity contribution in [2.75, 3.05) is 6.54 Å². The van der Waals surface area contributed by atoms with E-state index in [1.54, 1.807) is 6.92 Å². The number of ketones is 1. The van der Waals surface area contributed by atoms with Crippen LogP contribution in [0.5, 0.6) is 0 Å². The molecule has 0 fully saturated rings. The predicted octanol–water partition coefficient (Wildman–Crippen LogP) is 5.43. The first-order valence-corrected chi connectivity index (χ1v) is 9.59. The van der Waals surface area contributed by atoms with Gasteiger partial charge in [-0.25, -0.2) is 0 Å². The molecular weight excluding hydrogens is 306 g/mol. The van der Waals surface area contributed by atoms with Gasteiger partial charge >= 0.3 is 0 Å². The van der Waals surface area contributed by atoms with Gasteiger partial charge in [-0.1, -0.05) is 50.3 Å². The molecule has 0 aromatic heterocycles. The third kappa shape index (κ3) is 3.64. The highest BCUT2D eigenvalue weighted by Gasteiger charge is 2.45. The van der Waals surface area contributed by atoms with Crippen LogP contribution in [0.4, 0.5) is 0 Å². The van der Waals surface area contributed by atoms with Crippen LogP contribution in [0.2, 0.25) is 0 Å². The summed E-state index contributed by atoms with van der Waals surface area (Å²) < 4.78 is 0. The zero-order valence-corrected chi connectivity index (χ0v) is 16.5. The lowest BCUT2D eigenvalue weighted by molar-refractivity contribution is -0.117. The summed E-state index contributed by atoms with van der Waals surface area (Å²) in [5.74, 6) is 0.538. The predicted molar refractivity (Wildman–Crippen MR) is 108 cm³/mol. The second-order valence-electron chi connectivity index (χ2n) is 7.30. The van der Waals surface area contributed by atoms with Gasteiger partial charge in [0, 0.05) is 17.9 Å². The highest BCUT2D eigenvalue weighted by molar-refractivity contribution is 5.78. The van der Waals surface area contributed by atoms with Crippen LogP contribution < -0.4 is 5.32 Å². The highest BCUT2D eigenvalue weighted by Crippen LogP contribution is 2.50. The quantitative estimate of drug-likeness (QED) is 0.671. The molecular formula is C23H33NO. The van der Waals surface area contributed by atoms with E-state index in [1.807, 2.05) is 0 Å². The second-order valence-corrected chi connectivity index (χ2v) is 7.30. The molecule has 2 heteroatoms. The fraction of sp³-hybridized carbons (Fsp3) is 0.522. The molecule has 2 rings (SSSR count). The van der Waals surface area contributed by atoms with Crippen LogP contribution in [0.3, 0.4) is 0 Å². The van der Waals surface area contributed by atoms with Gasteiger partial charge in [-0.15, -0.1) is 0 Å². The van der Waals surface area contributed by atoms with Crippen LogP contribution in [0.25, 0.3) is 5.57 Å². The van der Waals surface area contributed by atoms with Gasteiger partial charge < -0.3 is 10.1 Å². The molecule has 1 aromatic rings. The lowest BCUT2D eigenvalue weighted by atomic mass is 9.62. The number of carbonyl (C=O) groups excluding carboxylic acids is 1. The Labute approximate surface area is 153 Å². The van der Waals surface area contributed by atoms with Crippen LogP contribution in [0.1, 0.15) is 76.5 Å². The Morgan fingerprint density at radius 1 is 1.36 bits per heavy atom. The molecule has 0 unspecified atom stereocenters. The first-order valence-electron chi connectivity index (χ1n) is 9.59. The molecule has 1 aromatic carbocycles. The summed E-state index contributed by atoms with van der Waals surface area (Å²) in [5, 5.41) is 3.76. The van der Waals surface area contributed by atoms with E-state index in [9.17, 15) is 4.79 Å². The number of Topliss-reactive ketones (excluding diaryl/α,β-unsaturated/α-hetero) is 1. The number of aryl methyl sites for hydroxylation is 1. The van der Waals surface area contributed by atoms with Crippen molar-refractivity contribution in [1.29, 1.82) is 0 Å². The summed E-state index contributed by atoms with van der Waals surface area (Å²) in [7, 11) is 0. The molecule has 25 heavy (non-hydrogen) atoms. The number of carbonyl (C=O) groups is 1. The summed E-state index contributed by atoms with van der Waals surface area (Å²) in [6, 6.07) is 6.68. The average molecular weight is 340 g/mol. The van der Waals surface area contributed by atoms with Crippen molar-refractivity contribution < 1.29 is 4.79 Å². The smallest absolute Gasteiger partial charge is 0.129 e. The molecule has 136 valence electrons. The molecule has 1 aliphatic carbocycles. The number of hydrogen-bond donors (Lipinski definition) is 1. The van der Waals surface area contributed by atoms with E-state index >= 15 is 0 Å². The average Bonchev–Trinajstić information content (AvgIpc) is 2.59. The Bertz CT molecular complexity index is 685. The lowest BCUT2D eigenvalue weighted by Crippen LogP contribution is -2.53. The van der Waals surface area contributed by atoms with Crippen molar-refractivity contribution in [3.8, 4) is 0 Å². The zero-order chi connectivity index (χ0) is 18.6. The van der Waals surface area contributed by atoms with Crippen molar-refractivity contribution in [3.05, 3.63) is 53.1 Å². The van der Waals surface area contributed by atoms with Gasteiger partial charge in [0.1, 0.15) is 5.78 Å². The summed E-state index contributed by atoms with van der Waals surface area (Å²) in [6.07, 6.45) is 5.72. The summed E-state index contributed by atoms with van der Waals surface area (Å²) in [4.78, 5) is 11.7. The first-order chi connectivity index (χ1) is 11.9. The highest BCUT2D eigenvalue weighted by atomic mass is 16.1. The van der Waals surface area contributed by atoms with Gasteiger partial charge in [0.25, 0.3) is 0 Å². The van der Waals surface area contributed by atoms with Crippen molar-refractivity contribution in [1.82, 2.24) is 5.32 Å². The number of hydrogen-bond acceptors (Lipinski definition) is 2. The molecule has 1 aliphatic rings. The molecule has 1 N–H and O–H groups in total. The number of likely N-dealkylation sites (N-methyl/N-ethyl adjacent to an activating group) is 1. The standard InChI is InChI=1S/C23H33NO/c1-7-18-11-10-12-20-21(14-13-17(6)25)23(16(4)5,24-9-3)15-19(8-2)22(18)20/h8,10-12,21,24H,4,7,9,13-15H2,1-3,5-6H3/b19-8-/t21-,23+/m1/s1. The van der Waals surface area contributed by atoms with Crippen molar-refractivity contribution >= 4 is 11.4 Å². The fourth-order valence-corrected chi connectivity index (χ4v) is 4.47. The minimum atomic E-state index is -0.175. The largest absolute Gasteiger partial charge is 0.307 e. The molecule has 2 atom stereocenters. The van der Waals surface area contributed by atoms with Gasteiger partial charge in [0.05, 0.1) is 0 Å². The number of fused-ring (bicyclic) bond motifs is 1. The van der Waals surface area contributed by atoms with Crippen LogP contribution >= 0.6 is 0 Å². The Morgan fingerprint density at radius 3 is 2.60 bits per heavy atom. The minimum Gasteiger partial charge on any atom is -0.307 e.